The summed E-state index contributed by atoms with van der Waals surface area (Å²) in [6.07, 6.45) is 1.59. The number of nitrogens with zero attached hydrogens (tertiary/aromatic N) is 1. The summed E-state index contributed by atoms with van der Waals surface area (Å²) in [5, 5.41) is 1.43. The van der Waals surface area contributed by atoms with Crippen molar-refractivity contribution in [1.82, 2.24) is 4.98 Å². The molecule has 0 aliphatic heterocycles. The molecule has 0 spiro atoms. The van der Waals surface area contributed by atoms with Gasteiger partial charge in [-0.1, -0.05) is 33.6 Å². The van der Waals surface area contributed by atoms with Crippen LogP contribution < -0.4 is 0 Å². The Kier molecular flexibility index (Phi) is 4.42. The van der Waals surface area contributed by atoms with Crippen LogP contribution in [0, 0.1) is 5.82 Å². The van der Waals surface area contributed by atoms with E-state index in [1.54, 1.807) is 18.3 Å². The molecule has 0 aliphatic rings. The molecule has 17 heavy (non-hydrogen) atoms. The normalized spacial score (nSPS) is 10.5. The highest BCUT2D eigenvalue weighted by molar-refractivity contribution is 9.10. The number of pyridine rings is 1. The van der Waals surface area contributed by atoms with Crippen LogP contribution in [0.3, 0.4) is 0 Å². The Labute approximate surface area is 117 Å². The molecule has 5 heteroatoms. The molecule has 0 fully saturated rings. The van der Waals surface area contributed by atoms with Crippen LogP contribution in [0.5, 0.6) is 0 Å². The van der Waals surface area contributed by atoms with Crippen LogP contribution >= 0.6 is 39.3 Å². The Morgan fingerprint density at radius 2 is 2.12 bits per heavy atom. The van der Waals surface area contributed by atoms with E-state index in [9.17, 15) is 4.39 Å². The third-order valence-corrected chi connectivity index (χ3v) is 3.80. The van der Waals surface area contributed by atoms with Gasteiger partial charge in [0.25, 0.3) is 0 Å². The van der Waals surface area contributed by atoms with Crippen LogP contribution in [-0.2, 0) is 5.75 Å². The van der Waals surface area contributed by atoms with Gasteiger partial charge in [-0.15, -0.1) is 11.8 Å². The van der Waals surface area contributed by atoms with Crippen LogP contribution in [0.2, 0.25) is 5.02 Å². The van der Waals surface area contributed by atoms with Gasteiger partial charge >= 0.3 is 0 Å². The average Bonchev–Trinajstić information content (AvgIpc) is 2.30. The molecular formula is C12H8BrClFNS. The summed E-state index contributed by atoms with van der Waals surface area (Å²) in [4.78, 5) is 4.14. The highest BCUT2D eigenvalue weighted by atomic mass is 79.9. The fourth-order valence-electron chi connectivity index (χ4n) is 1.24. The van der Waals surface area contributed by atoms with Gasteiger partial charge in [0.15, 0.2) is 0 Å². The molecule has 0 N–H and O–H groups in total. The second kappa shape index (κ2) is 5.85. The van der Waals surface area contributed by atoms with Gasteiger partial charge < -0.3 is 0 Å². The van der Waals surface area contributed by atoms with Gasteiger partial charge in [0, 0.05) is 16.4 Å². The molecule has 2 rings (SSSR count). The van der Waals surface area contributed by atoms with Crippen molar-refractivity contribution in [1.29, 1.82) is 0 Å². The average molecular weight is 333 g/mol. The number of thioether (sulfide) groups is 1. The summed E-state index contributed by atoms with van der Waals surface area (Å²) < 4.78 is 14.3. The first kappa shape index (κ1) is 12.9. The molecule has 0 aliphatic carbocycles. The molecule has 1 heterocycles. The maximum atomic E-state index is 13.5. The van der Waals surface area contributed by atoms with Crippen LogP contribution in [-0.4, -0.2) is 4.98 Å². The highest BCUT2D eigenvalue weighted by Gasteiger charge is 2.04. The van der Waals surface area contributed by atoms with E-state index in [1.807, 2.05) is 12.1 Å². The lowest BCUT2D eigenvalue weighted by Crippen LogP contribution is -1.88. The fourth-order valence-corrected chi connectivity index (χ4v) is 2.51. The molecule has 0 saturated carbocycles. The second-order valence-corrected chi connectivity index (χ2v) is 5.69. The van der Waals surface area contributed by atoms with Gasteiger partial charge in [-0.25, -0.2) is 9.37 Å². The quantitative estimate of drug-likeness (QED) is 0.739. The van der Waals surface area contributed by atoms with Crippen molar-refractivity contribution >= 4 is 39.3 Å². The lowest BCUT2D eigenvalue weighted by Gasteiger charge is -2.03. The fraction of sp³-hybridized carbons (Fsp3) is 0.0833. The molecule has 0 unspecified atom stereocenters. The Bertz CT molecular complexity index is 518. The van der Waals surface area contributed by atoms with E-state index in [1.165, 1.54) is 17.8 Å². The summed E-state index contributed by atoms with van der Waals surface area (Å²) >= 11 is 10.4. The molecule has 0 bridgehead atoms. The molecule has 0 amide bonds. The van der Waals surface area contributed by atoms with Crippen molar-refractivity contribution in [2.45, 2.75) is 10.8 Å². The first-order valence-electron chi connectivity index (χ1n) is 4.83. The SMILES string of the molecule is Fc1cc(Br)ccc1CSc1ccc(Cl)cn1. The molecular weight excluding hydrogens is 325 g/mol. The molecule has 2 aromatic rings. The van der Waals surface area contributed by atoms with Gasteiger partial charge in [0.05, 0.1) is 10.0 Å². The van der Waals surface area contributed by atoms with Gasteiger partial charge in [0.2, 0.25) is 0 Å². The molecule has 1 aromatic heterocycles. The number of hydrogen-bond acceptors (Lipinski definition) is 2. The van der Waals surface area contributed by atoms with Crippen molar-refractivity contribution in [3.05, 3.63) is 57.4 Å². The van der Waals surface area contributed by atoms with Crippen LogP contribution in [0.1, 0.15) is 5.56 Å². The van der Waals surface area contributed by atoms with Crippen molar-refractivity contribution < 1.29 is 4.39 Å². The van der Waals surface area contributed by atoms with E-state index in [0.717, 1.165) is 9.50 Å². The lowest BCUT2D eigenvalue weighted by molar-refractivity contribution is 0.616. The summed E-state index contributed by atoms with van der Waals surface area (Å²) in [5.74, 6) is 0.342. The van der Waals surface area contributed by atoms with Crippen molar-refractivity contribution in [3.8, 4) is 0 Å². The highest BCUT2D eigenvalue weighted by Crippen LogP contribution is 2.24. The lowest BCUT2D eigenvalue weighted by atomic mass is 10.2. The number of halogens is 3. The monoisotopic (exact) mass is 331 g/mol. The number of aromatic nitrogens is 1. The van der Waals surface area contributed by atoms with Gasteiger partial charge in [-0.3, -0.25) is 0 Å². The summed E-state index contributed by atoms with van der Waals surface area (Å²) in [6, 6.07) is 8.65. The van der Waals surface area contributed by atoms with Gasteiger partial charge in [0.1, 0.15) is 5.82 Å². The number of benzene rings is 1. The Morgan fingerprint density at radius 3 is 2.76 bits per heavy atom. The van der Waals surface area contributed by atoms with Gasteiger partial charge in [-0.05, 0) is 29.8 Å². The zero-order chi connectivity index (χ0) is 12.3. The zero-order valence-electron chi connectivity index (χ0n) is 8.66. The smallest absolute Gasteiger partial charge is 0.128 e. The van der Waals surface area contributed by atoms with E-state index in [4.69, 9.17) is 11.6 Å². The van der Waals surface area contributed by atoms with Crippen LogP contribution in [0.4, 0.5) is 4.39 Å². The Hall–Kier alpha value is -0.580. The topological polar surface area (TPSA) is 12.9 Å². The molecule has 1 aromatic carbocycles. The largest absolute Gasteiger partial charge is 0.248 e. The standard InChI is InChI=1S/C12H8BrClFNS/c13-9-2-1-8(11(15)5-9)7-17-12-4-3-10(14)6-16-12/h1-6H,7H2. The van der Waals surface area contributed by atoms with E-state index in [0.29, 0.717) is 16.3 Å². The summed E-state index contributed by atoms with van der Waals surface area (Å²) in [6.45, 7) is 0. The van der Waals surface area contributed by atoms with E-state index in [2.05, 4.69) is 20.9 Å². The van der Waals surface area contributed by atoms with Crippen molar-refractivity contribution in [3.63, 3.8) is 0 Å². The Balaban J connectivity index is 2.04. The molecule has 0 radical (unpaired) electrons. The third-order valence-electron chi connectivity index (χ3n) is 2.09. The third kappa shape index (κ3) is 3.69. The second-order valence-electron chi connectivity index (χ2n) is 3.34. The number of rotatable bonds is 3. The molecule has 0 saturated heterocycles. The minimum absolute atomic E-state index is 0.208. The van der Waals surface area contributed by atoms with Crippen molar-refractivity contribution in [2.24, 2.45) is 0 Å². The first-order chi connectivity index (χ1) is 8.15. The van der Waals surface area contributed by atoms with Crippen LogP contribution in [0.15, 0.2) is 46.0 Å². The number of hydrogen-bond donors (Lipinski definition) is 0. The zero-order valence-corrected chi connectivity index (χ0v) is 11.8. The molecule has 88 valence electrons. The predicted octanol–water partition coefficient (Wildman–Crippen LogP) is 4.93. The summed E-state index contributed by atoms with van der Waals surface area (Å²) in [5.41, 5.74) is 0.662. The molecule has 0 atom stereocenters. The van der Waals surface area contributed by atoms with Crippen molar-refractivity contribution in [2.75, 3.05) is 0 Å². The van der Waals surface area contributed by atoms with Crippen LogP contribution in [0.25, 0.3) is 0 Å². The van der Waals surface area contributed by atoms with E-state index >= 15 is 0 Å². The first-order valence-corrected chi connectivity index (χ1v) is 6.99. The van der Waals surface area contributed by atoms with E-state index in [-0.39, 0.29) is 5.82 Å². The molecule has 1 nitrogen and oxygen atoms in total. The minimum atomic E-state index is -0.208. The Morgan fingerprint density at radius 1 is 1.29 bits per heavy atom. The predicted molar refractivity (Wildman–Crippen MR) is 72.9 cm³/mol. The van der Waals surface area contributed by atoms with Gasteiger partial charge in [-0.2, -0.15) is 0 Å². The minimum Gasteiger partial charge on any atom is -0.248 e. The maximum absolute atomic E-state index is 13.5. The summed E-state index contributed by atoms with van der Waals surface area (Å²) in [7, 11) is 0. The maximum Gasteiger partial charge on any atom is 0.128 e. The van der Waals surface area contributed by atoms with E-state index < -0.39 is 0 Å².